The lowest BCUT2D eigenvalue weighted by Crippen LogP contribution is -2.44. The van der Waals surface area contributed by atoms with Crippen LogP contribution in [-0.2, 0) is 16.6 Å². The number of nitrogens with two attached hydrogens (primary N) is 1. The van der Waals surface area contributed by atoms with Crippen molar-refractivity contribution in [2.45, 2.75) is 45.1 Å². The van der Waals surface area contributed by atoms with E-state index in [-0.39, 0.29) is 11.3 Å². The molecule has 0 heterocycles. The number of benzene rings is 2. The van der Waals surface area contributed by atoms with Gasteiger partial charge < -0.3 is 11.1 Å². The lowest BCUT2D eigenvalue weighted by atomic mass is 9.86. The average molecular weight is 338 g/mol. The van der Waals surface area contributed by atoms with Crippen molar-refractivity contribution in [1.29, 1.82) is 0 Å². The number of nitrogens with one attached hydrogen (secondary N) is 1. The van der Waals surface area contributed by atoms with Crippen LogP contribution in [0.3, 0.4) is 0 Å². The normalized spacial score (nSPS) is 12.4. The number of hydrogen-bond donors (Lipinski definition) is 2. The molecule has 0 aliphatic carbocycles. The molecule has 4 nitrogen and oxygen atoms in total. The number of carbonyl (C=O) groups is 2. The molecule has 2 aromatic carbocycles. The predicted molar refractivity (Wildman–Crippen MR) is 100 cm³/mol. The largest absolute Gasteiger partial charge is 0.368 e. The Morgan fingerprint density at radius 1 is 1.00 bits per heavy atom. The van der Waals surface area contributed by atoms with Crippen molar-refractivity contribution in [3.63, 3.8) is 0 Å². The molecule has 0 unspecified atom stereocenters. The number of hydrogen-bond acceptors (Lipinski definition) is 2. The van der Waals surface area contributed by atoms with Gasteiger partial charge in [0.05, 0.1) is 0 Å². The molecule has 0 bridgehead atoms. The first-order chi connectivity index (χ1) is 11.8. The molecule has 0 spiro atoms. The Morgan fingerprint density at radius 2 is 1.60 bits per heavy atom. The molecule has 1 atom stereocenters. The molecule has 0 radical (unpaired) electrons. The third-order valence-electron chi connectivity index (χ3n) is 4.23. The van der Waals surface area contributed by atoms with Crippen LogP contribution in [0.4, 0.5) is 0 Å². The topological polar surface area (TPSA) is 72.2 Å². The lowest BCUT2D eigenvalue weighted by Gasteiger charge is -2.19. The molecule has 3 N–H and O–H groups in total. The molecule has 25 heavy (non-hydrogen) atoms. The fourth-order valence-corrected chi connectivity index (χ4v) is 2.60. The SMILES string of the molecule is CC(C)(C)c1ccc(C(=O)N[C@@H](CCc2ccccc2)C(N)=O)cc1. The molecule has 0 saturated carbocycles. The highest BCUT2D eigenvalue weighted by Crippen LogP contribution is 2.22. The van der Waals surface area contributed by atoms with Gasteiger partial charge in [-0.25, -0.2) is 0 Å². The van der Waals surface area contributed by atoms with E-state index in [1.807, 2.05) is 42.5 Å². The van der Waals surface area contributed by atoms with E-state index >= 15 is 0 Å². The Labute approximate surface area is 149 Å². The minimum absolute atomic E-state index is 0.0282. The zero-order chi connectivity index (χ0) is 18.4. The molecule has 2 aromatic rings. The van der Waals surface area contributed by atoms with Gasteiger partial charge in [0, 0.05) is 5.56 Å². The molecule has 132 valence electrons. The first-order valence-corrected chi connectivity index (χ1v) is 8.52. The second kappa shape index (κ2) is 7.97. The molecule has 0 fully saturated rings. The summed E-state index contributed by atoms with van der Waals surface area (Å²) in [5.74, 6) is -0.798. The molecular formula is C21H26N2O2. The molecular weight excluding hydrogens is 312 g/mol. The highest BCUT2D eigenvalue weighted by Gasteiger charge is 2.19. The summed E-state index contributed by atoms with van der Waals surface area (Å²) in [5.41, 5.74) is 8.27. The van der Waals surface area contributed by atoms with Crippen molar-refractivity contribution in [3.05, 3.63) is 71.3 Å². The number of amides is 2. The second-order valence-electron chi connectivity index (χ2n) is 7.28. The summed E-state index contributed by atoms with van der Waals surface area (Å²) in [6.45, 7) is 6.36. The fourth-order valence-electron chi connectivity index (χ4n) is 2.60. The number of primary amides is 1. The van der Waals surface area contributed by atoms with Gasteiger partial charge in [-0.2, -0.15) is 0 Å². The van der Waals surface area contributed by atoms with Crippen molar-refractivity contribution >= 4 is 11.8 Å². The number of rotatable bonds is 6. The van der Waals surface area contributed by atoms with Gasteiger partial charge in [-0.15, -0.1) is 0 Å². The first kappa shape index (κ1) is 18.7. The quantitative estimate of drug-likeness (QED) is 0.849. The highest BCUT2D eigenvalue weighted by atomic mass is 16.2. The predicted octanol–water partition coefficient (Wildman–Crippen LogP) is 3.20. The monoisotopic (exact) mass is 338 g/mol. The molecule has 4 heteroatoms. The van der Waals surface area contributed by atoms with Crippen LogP contribution in [0.1, 0.15) is 48.7 Å². The summed E-state index contributed by atoms with van der Waals surface area (Å²) in [6.07, 6.45) is 1.16. The van der Waals surface area contributed by atoms with E-state index in [1.165, 1.54) is 0 Å². The van der Waals surface area contributed by atoms with Crippen molar-refractivity contribution in [3.8, 4) is 0 Å². The second-order valence-corrected chi connectivity index (χ2v) is 7.28. The summed E-state index contributed by atoms with van der Waals surface area (Å²) in [6, 6.07) is 16.6. The first-order valence-electron chi connectivity index (χ1n) is 8.52. The van der Waals surface area contributed by atoms with Gasteiger partial charge in [-0.3, -0.25) is 9.59 Å². The van der Waals surface area contributed by atoms with E-state index < -0.39 is 11.9 Å². The van der Waals surface area contributed by atoms with Crippen molar-refractivity contribution < 1.29 is 9.59 Å². The third kappa shape index (κ3) is 5.45. The minimum atomic E-state index is -0.685. The Kier molecular flexibility index (Phi) is 5.97. The van der Waals surface area contributed by atoms with Crippen LogP contribution < -0.4 is 11.1 Å². The zero-order valence-corrected chi connectivity index (χ0v) is 15.1. The number of carbonyl (C=O) groups excluding carboxylic acids is 2. The molecule has 0 aromatic heterocycles. The molecule has 2 amide bonds. The molecule has 0 aliphatic heterocycles. The van der Waals surface area contributed by atoms with Crippen LogP contribution >= 0.6 is 0 Å². The van der Waals surface area contributed by atoms with Crippen LogP contribution in [0.2, 0.25) is 0 Å². The van der Waals surface area contributed by atoms with E-state index in [4.69, 9.17) is 5.73 Å². The van der Waals surface area contributed by atoms with Gasteiger partial charge in [-0.05, 0) is 41.5 Å². The minimum Gasteiger partial charge on any atom is -0.368 e. The lowest BCUT2D eigenvalue weighted by molar-refractivity contribution is -0.120. The third-order valence-corrected chi connectivity index (χ3v) is 4.23. The average Bonchev–Trinajstić information content (AvgIpc) is 2.58. The Balaban J connectivity index is 2.01. The van der Waals surface area contributed by atoms with Crippen LogP contribution in [0.25, 0.3) is 0 Å². The molecule has 0 saturated heterocycles. The van der Waals surface area contributed by atoms with Gasteiger partial charge in [-0.1, -0.05) is 63.2 Å². The highest BCUT2D eigenvalue weighted by molar-refractivity contribution is 5.97. The summed E-state index contributed by atoms with van der Waals surface area (Å²) in [4.78, 5) is 24.1. The molecule has 0 aliphatic rings. The van der Waals surface area contributed by atoms with Crippen LogP contribution in [-0.4, -0.2) is 17.9 Å². The van der Waals surface area contributed by atoms with E-state index in [1.54, 1.807) is 12.1 Å². The van der Waals surface area contributed by atoms with Gasteiger partial charge in [0.1, 0.15) is 6.04 Å². The van der Waals surface area contributed by atoms with Crippen molar-refractivity contribution in [2.75, 3.05) is 0 Å². The molecule has 2 rings (SSSR count). The van der Waals surface area contributed by atoms with Crippen molar-refractivity contribution in [2.24, 2.45) is 5.73 Å². The maximum atomic E-state index is 12.4. The summed E-state index contributed by atoms with van der Waals surface area (Å²) in [7, 11) is 0. The Morgan fingerprint density at radius 3 is 2.12 bits per heavy atom. The summed E-state index contributed by atoms with van der Waals surface area (Å²) >= 11 is 0. The Bertz CT molecular complexity index is 716. The number of aryl methyl sites for hydroxylation is 1. The van der Waals surface area contributed by atoms with E-state index in [9.17, 15) is 9.59 Å². The van der Waals surface area contributed by atoms with Gasteiger partial charge in [0.15, 0.2) is 0 Å². The van der Waals surface area contributed by atoms with Crippen LogP contribution in [0.15, 0.2) is 54.6 Å². The van der Waals surface area contributed by atoms with Gasteiger partial charge in [0.25, 0.3) is 5.91 Å². The summed E-state index contributed by atoms with van der Waals surface area (Å²) in [5, 5.41) is 2.75. The zero-order valence-electron chi connectivity index (χ0n) is 15.1. The van der Waals surface area contributed by atoms with Crippen molar-refractivity contribution in [1.82, 2.24) is 5.32 Å². The Hall–Kier alpha value is -2.62. The van der Waals surface area contributed by atoms with Crippen LogP contribution in [0, 0.1) is 0 Å². The van der Waals surface area contributed by atoms with Gasteiger partial charge >= 0.3 is 0 Å². The standard InChI is InChI=1S/C21H26N2O2/c1-21(2,3)17-12-10-16(11-13-17)20(25)23-18(19(22)24)14-9-15-7-5-4-6-8-15/h4-8,10-13,18H,9,14H2,1-3H3,(H2,22,24)(H,23,25)/t18-/m0/s1. The maximum Gasteiger partial charge on any atom is 0.251 e. The smallest absolute Gasteiger partial charge is 0.251 e. The maximum absolute atomic E-state index is 12.4. The fraction of sp³-hybridized carbons (Fsp3) is 0.333. The van der Waals surface area contributed by atoms with E-state index in [0.717, 1.165) is 11.1 Å². The van der Waals surface area contributed by atoms with Gasteiger partial charge in [0.2, 0.25) is 5.91 Å². The summed E-state index contributed by atoms with van der Waals surface area (Å²) < 4.78 is 0. The van der Waals surface area contributed by atoms with E-state index in [0.29, 0.717) is 18.4 Å². The van der Waals surface area contributed by atoms with E-state index in [2.05, 4.69) is 26.1 Å². The van der Waals surface area contributed by atoms with Crippen LogP contribution in [0.5, 0.6) is 0 Å².